The van der Waals surface area contributed by atoms with Crippen LogP contribution in [-0.4, -0.2) is 24.5 Å². The average molecular weight is 682 g/mol. The van der Waals surface area contributed by atoms with Crippen LogP contribution in [0.15, 0.2) is 70.7 Å². The van der Waals surface area contributed by atoms with Crippen molar-refractivity contribution >= 4 is 79.7 Å². The van der Waals surface area contributed by atoms with Gasteiger partial charge in [-0.1, -0.05) is 39.7 Å². The van der Waals surface area contributed by atoms with Gasteiger partial charge in [0, 0.05) is 9.50 Å². The Hall–Kier alpha value is -2.89. The van der Waals surface area contributed by atoms with Crippen molar-refractivity contribution in [3.63, 3.8) is 0 Å². The number of hydrogen-bond acceptors (Lipinski definition) is 5. The Morgan fingerprint density at radius 3 is 2.50 bits per heavy atom. The van der Waals surface area contributed by atoms with Gasteiger partial charge in [-0.3, -0.25) is 14.9 Å². The van der Waals surface area contributed by atoms with Gasteiger partial charge in [0.25, 0.3) is 11.8 Å². The minimum Gasteiger partial charge on any atom is -0.490 e. The fraction of sp³-hybridized carbons (Fsp3) is 0.115. The van der Waals surface area contributed by atoms with E-state index in [1.807, 2.05) is 25.1 Å². The lowest BCUT2D eigenvalue weighted by Gasteiger charge is -2.26. The molecule has 4 rings (SSSR count). The molecule has 1 fully saturated rings. The molecule has 3 aromatic carbocycles. The Bertz CT molecular complexity index is 1380. The lowest BCUT2D eigenvalue weighted by Crippen LogP contribution is -2.54. The maximum Gasteiger partial charge on any atom is 0.335 e. The summed E-state index contributed by atoms with van der Waals surface area (Å²) >= 11 is 11.5. The Morgan fingerprint density at radius 1 is 1.06 bits per heavy atom. The van der Waals surface area contributed by atoms with Gasteiger partial charge in [0.15, 0.2) is 11.5 Å². The van der Waals surface area contributed by atoms with Gasteiger partial charge in [-0.25, -0.2) is 9.69 Å². The molecule has 1 heterocycles. The summed E-state index contributed by atoms with van der Waals surface area (Å²) in [6.45, 7) is 2.51. The Kier molecular flexibility index (Phi) is 8.32. The van der Waals surface area contributed by atoms with Gasteiger partial charge in [-0.15, -0.1) is 0 Å². The second kappa shape index (κ2) is 11.4. The third-order valence-electron chi connectivity index (χ3n) is 5.10. The highest BCUT2D eigenvalue weighted by atomic mass is 127. The van der Waals surface area contributed by atoms with E-state index in [4.69, 9.17) is 21.1 Å². The van der Waals surface area contributed by atoms with Crippen molar-refractivity contribution < 1.29 is 23.9 Å². The van der Waals surface area contributed by atoms with Gasteiger partial charge in [0.05, 0.1) is 15.9 Å². The van der Waals surface area contributed by atoms with E-state index in [-0.39, 0.29) is 12.2 Å². The monoisotopic (exact) mass is 680 g/mol. The molecule has 1 aliphatic rings. The smallest absolute Gasteiger partial charge is 0.335 e. The Labute approximate surface area is 234 Å². The van der Waals surface area contributed by atoms with Crippen molar-refractivity contribution in [1.29, 1.82) is 0 Å². The number of urea groups is 1. The lowest BCUT2D eigenvalue weighted by molar-refractivity contribution is -0.122. The van der Waals surface area contributed by atoms with Crippen LogP contribution in [0, 0.1) is 3.57 Å². The summed E-state index contributed by atoms with van der Waals surface area (Å²) in [4.78, 5) is 39.1. The number of carbonyl (C=O) groups is 3. The first kappa shape index (κ1) is 26.2. The van der Waals surface area contributed by atoms with E-state index in [0.29, 0.717) is 34.4 Å². The van der Waals surface area contributed by atoms with Crippen LogP contribution in [0.3, 0.4) is 0 Å². The van der Waals surface area contributed by atoms with Crippen molar-refractivity contribution in [3.05, 3.63) is 90.4 Å². The SMILES string of the molecule is CCOc1cc(/C=C2\C(=O)NC(=O)N(c3ccc(Br)cc3)C2=O)cc(I)c1OCc1cccc(Cl)c1. The molecule has 7 nitrogen and oxygen atoms in total. The first-order chi connectivity index (χ1) is 17.3. The number of carbonyl (C=O) groups excluding carboxylic acids is 3. The number of amides is 4. The molecule has 1 aliphatic heterocycles. The van der Waals surface area contributed by atoms with E-state index in [9.17, 15) is 14.4 Å². The van der Waals surface area contributed by atoms with Crippen LogP contribution < -0.4 is 19.7 Å². The number of halogens is 3. The predicted octanol–water partition coefficient (Wildman–Crippen LogP) is 6.35. The molecule has 36 heavy (non-hydrogen) atoms. The summed E-state index contributed by atoms with van der Waals surface area (Å²) in [5.41, 5.74) is 1.60. The van der Waals surface area contributed by atoms with Crippen molar-refractivity contribution in [2.75, 3.05) is 11.5 Å². The van der Waals surface area contributed by atoms with Gasteiger partial charge >= 0.3 is 6.03 Å². The zero-order valence-corrected chi connectivity index (χ0v) is 23.4. The summed E-state index contributed by atoms with van der Waals surface area (Å²) in [6.07, 6.45) is 1.43. The molecule has 3 aromatic rings. The molecular formula is C26H19BrClIN2O5. The molecule has 0 bridgehead atoms. The summed E-state index contributed by atoms with van der Waals surface area (Å²) in [7, 11) is 0. The number of barbiturate groups is 1. The molecule has 0 aromatic heterocycles. The highest BCUT2D eigenvalue weighted by Gasteiger charge is 2.36. The van der Waals surface area contributed by atoms with Crippen LogP contribution in [0.2, 0.25) is 5.02 Å². The van der Waals surface area contributed by atoms with Gasteiger partial charge in [-0.05, 0) is 95.2 Å². The fourth-order valence-electron chi connectivity index (χ4n) is 3.51. The van der Waals surface area contributed by atoms with Gasteiger partial charge in [0.2, 0.25) is 0 Å². The molecule has 1 N–H and O–H groups in total. The van der Waals surface area contributed by atoms with Gasteiger partial charge in [-0.2, -0.15) is 0 Å². The predicted molar refractivity (Wildman–Crippen MR) is 149 cm³/mol. The molecule has 0 aliphatic carbocycles. The molecule has 184 valence electrons. The third-order valence-corrected chi connectivity index (χ3v) is 6.67. The maximum absolute atomic E-state index is 13.2. The molecule has 0 atom stereocenters. The number of nitrogens with zero attached hydrogens (tertiary/aromatic N) is 1. The summed E-state index contributed by atoms with van der Waals surface area (Å²) < 4.78 is 13.3. The number of rotatable bonds is 7. The Balaban J connectivity index is 1.65. The molecule has 0 spiro atoms. The third kappa shape index (κ3) is 5.91. The summed E-state index contributed by atoms with van der Waals surface area (Å²) in [5, 5.41) is 2.85. The topological polar surface area (TPSA) is 84.9 Å². The summed E-state index contributed by atoms with van der Waals surface area (Å²) in [6, 6.07) is 16.6. The van der Waals surface area contributed by atoms with E-state index >= 15 is 0 Å². The number of ether oxygens (including phenoxy) is 2. The number of anilines is 1. The van der Waals surface area contributed by atoms with Crippen molar-refractivity contribution in [2.24, 2.45) is 0 Å². The second-order valence-electron chi connectivity index (χ2n) is 7.62. The van der Waals surface area contributed by atoms with E-state index in [2.05, 4.69) is 43.8 Å². The first-order valence-corrected chi connectivity index (χ1v) is 13.0. The standard InChI is InChI=1S/C26H19BrClIN2O5/c1-2-35-22-13-16(12-21(29)23(22)36-14-15-4-3-5-18(28)10-15)11-20-24(32)30-26(34)31(25(20)33)19-8-6-17(27)7-9-19/h3-13H,2,14H2,1H3,(H,30,32,34)/b20-11+. The Morgan fingerprint density at radius 2 is 1.81 bits per heavy atom. The van der Waals surface area contributed by atoms with Crippen LogP contribution in [0.1, 0.15) is 18.1 Å². The normalized spacial score (nSPS) is 14.7. The first-order valence-electron chi connectivity index (χ1n) is 10.8. The van der Waals surface area contributed by atoms with Crippen LogP contribution in [0.4, 0.5) is 10.5 Å². The zero-order valence-electron chi connectivity index (χ0n) is 18.9. The maximum atomic E-state index is 13.2. The van der Waals surface area contributed by atoms with Crippen LogP contribution >= 0.6 is 50.1 Å². The van der Waals surface area contributed by atoms with Gasteiger partial charge in [0.1, 0.15) is 12.2 Å². The highest BCUT2D eigenvalue weighted by Crippen LogP contribution is 2.36. The van der Waals surface area contributed by atoms with Crippen LogP contribution in [0.5, 0.6) is 11.5 Å². The second-order valence-corrected chi connectivity index (χ2v) is 10.1. The highest BCUT2D eigenvalue weighted by molar-refractivity contribution is 14.1. The van der Waals surface area contributed by atoms with Crippen molar-refractivity contribution in [3.8, 4) is 11.5 Å². The van der Waals surface area contributed by atoms with Crippen LogP contribution in [-0.2, 0) is 16.2 Å². The number of nitrogens with one attached hydrogen (secondary N) is 1. The molecule has 0 unspecified atom stereocenters. The van der Waals surface area contributed by atoms with E-state index in [0.717, 1.165) is 18.5 Å². The molecule has 0 radical (unpaired) electrons. The minimum absolute atomic E-state index is 0.177. The number of imide groups is 2. The van der Waals surface area contributed by atoms with E-state index < -0.39 is 17.8 Å². The average Bonchev–Trinajstić information content (AvgIpc) is 2.82. The van der Waals surface area contributed by atoms with Crippen LogP contribution in [0.25, 0.3) is 6.08 Å². The number of hydrogen-bond donors (Lipinski definition) is 1. The minimum atomic E-state index is -0.807. The number of benzene rings is 3. The molecule has 0 saturated carbocycles. The largest absolute Gasteiger partial charge is 0.490 e. The van der Waals surface area contributed by atoms with E-state index in [1.54, 1.807) is 42.5 Å². The molecule has 10 heteroatoms. The van der Waals surface area contributed by atoms with Crippen molar-refractivity contribution in [2.45, 2.75) is 13.5 Å². The van der Waals surface area contributed by atoms with E-state index in [1.165, 1.54) is 6.08 Å². The summed E-state index contributed by atoms with van der Waals surface area (Å²) in [5.74, 6) is -0.499. The zero-order chi connectivity index (χ0) is 25.8. The fourth-order valence-corrected chi connectivity index (χ4v) is 4.76. The quantitative estimate of drug-likeness (QED) is 0.179. The van der Waals surface area contributed by atoms with Crippen molar-refractivity contribution in [1.82, 2.24) is 5.32 Å². The van der Waals surface area contributed by atoms with Gasteiger partial charge < -0.3 is 9.47 Å². The molecule has 4 amide bonds. The molecular weight excluding hydrogens is 663 g/mol. The molecule has 1 saturated heterocycles. The lowest BCUT2D eigenvalue weighted by atomic mass is 10.1.